The highest BCUT2D eigenvalue weighted by Crippen LogP contribution is 2.29. The van der Waals surface area contributed by atoms with E-state index in [1.165, 1.54) is 0 Å². The average molecular weight is 335 g/mol. The summed E-state index contributed by atoms with van der Waals surface area (Å²) in [5.41, 5.74) is 1.10. The van der Waals surface area contributed by atoms with Gasteiger partial charge in [0, 0.05) is 23.8 Å². The molecule has 0 spiro atoms. The minimum Gasteiger partial charge on any atom is -0.438 e. The Kier molecular flexibility index (Phi) is 4.78. The van der Waals surface area contributed by atoms with Crippen molar-refractivity contribution >= 4 is 15.9 Å². The summed E-state index contributed by atoms with van der Waals surface area (Å²) in [5, 5.41) is 3.45. The lowest BCUT2D eigenvalue weighted by molar-refractivity contribution is 0.409. The monoisotopic (exact) mass is 334 g/mol. The van der Waals surface area contributed by atoms with Crippen LogP contribution in [0.25, 0.3) is 0 Å². The van der Waals surface area contributed by atoms with Crippen LogP contribution >= 0.6 is 15.9 Å². The molecule has 0 aliphatic carbocycles. The lowest BCUT2D eigenvalue weighted by atomic mass is 10.1. The summed E-state index contributed by atoms with van der Waals surface area (Å²) in [6.07, 6.45) is 1.74. The normalized spacial score (nSPS) is 11.4. The molecular weight excluding hydrogens is 316 g/mol. The van der Waals surface area contributed by atoms with Crippen LogP contribution in [-0.2, 0) is 6.54 Å². The number of halogens is 1. The molecule has 1 aromatic heterocycles. The van der Waals surface area contributed by atoms with Crippen LogP contribution in [0.1, 0.15) is 26.3 Å². The quantitative estimate of drug-likeness (QED) is 0.892. The van der Waals surface area contributed by atoms with Crippen molar-refractivity contribution < 1.29 is 4.74 Å². The maximum atomic E-state index is 5.91. The van der Waals surface area contributed by atoms with Gasteiger partial charge in [-0.1, -0.05) is 18.2 Å². The number of aromatic nitrogens is 1. The van der Waals surface area contributed by atoms with E-state index < -0.39 is 0 Å². The highest BCUT2D eigenvalue weighted by Gasteiger charge is 2.12. The first-order valence-corrected chi connectivity index (χ1v) is 7.36. The molecule has 0 unspecified atom stereocenters. The van der Waals surface area contributed by atoms with Gasteiger partial charge in [0.15, 0.2) is 0 Å². The number of ether oxygens (including phenoxy) is 1. The largest absolute Gasteiger partial charge is 0.438 e. The maximum absolute atomic E-state index is 5.91. The number of pyridine rings is 1. The van der Waals surface area contributed by atoms with Gasteiger partial charge in [0.05, 0.1) is 4.47 Å². The van der Waals surface area contributed by atoms with Crippen molar-refractivity contribution in [1.29, 1.82) is 0 Å². The molecule has 2 rings (SSSR count). The lowest BCUT2D eigenvalue weighted by Gasteiger charge is -2.21. The molecule has 0 radical (unpaired) electrons. The summed E-state index contributed by atoms with van der Waals surface area (Å²) in [4.78, 5) is 4.33. The van der Waals surface area contributed by atoms with E-state index in [4.69, 9.17) is 4.74 Å². The molecule has 0 aliphatic heterocycles. The molecule has 1 heterocycles. The number of hydrogen-bond donors (Lipinski definition) is 1. The maximum Gasteiger partial charge on any atom is 0.223 e. The van der Waals surface area contributed by atoms with Gasteiger partial charge in [0.2, 0.25) is 5.88 Å². The summed E-state index contributed by atoms with van der Waals surface area (Å²) < 4.78 is 6.82. The molecule has 1 N–H and O–H groups in total. The Hall–Kier alpha value is -1.39. The Morgan fingerprint density at radius 3 is 2.60 bits per heavy atom. The van der Waals surface area contributed by atoms with Gasteiger partial charge in [-0.3, -0.25) is 0 Å². The van der Waals surface area contributed by atoms with E-state index in [1.54, 1.807) is 6.20 Å². The fourth-order valence-electron chi connectivity index (χ4n) is 1.64. The molecule has 0 saturated carbocycles. The van der Waals surface area contributed by atoms with Gasteiger partial charge in [-0.2, -0.15) is 0 Å². The van der Waals surface area contributed by atoms with Crippen molar-refractivity contribution in [3.8, 4) is 11.6 Å². The third kappa shape index (κ3) is 4.32. The summed E-state index contributed by atoms with van der Waals surface area (Å²) in [5.74, 6) is 1.40. The number of hydrogen-bond acceptors (Lipinski definition) is 3. The van der Waals surface area contributed by atoms with Gasteiger partial charge in [-0.05, 0) is 54.9 Å². The number of rotatable bonds is 4. The smallest absolute Gasteiger partial charge is 0.223 e. The van der Waals surface area contributed by atoms with E-state index in [1.807, 2.05) is 36.4 Å². The molecule has 0 amide bonds. The first-order chi connectivity index (χ1) is 9.46. The first-order valence-electron chi connectivity index (χ1n) is 6.57. The molecule has 106 valence electrons. The minimum absolute atomic E-state index is 0.0560. The van der Waals surface area contributed by atoms with Crippen molar-refractivity contribution in [3.63, 3.8) is 0 Å². The Balaban J connectivity index is 2.18. The fraction of sp³-hybridized carbons (Fsp3) is 0.312. The highest BCUT2D eigenvalue weighted by molar-refractivity contribution is 9.10. The van der Waals surface area contributed by atoms with Crippen LogP contribution in [0.2, 0.25) is 0 Å². The van der Waals surface area contributed by atoms with Crippen LogP contribution < -0.4 is 10.1 Å². The Morgan fingerprint density at radius 2 is 1.90 bits per heavy atom. The average Bonchev–Trinajstić information content (AvgIpc) is 2.39. The number of nitrogens with zero attached hydrogens (tertiary/aromatic N) is 1. The van der Waals surface area contributed by atoms with Crippen molar-refractivity contribution in [2.24, 2.45) is 0 Å². The van der Waals surface area contributed by atoms with Gasteiger partial charge in [-0.25, -0.2) is 4.98 Å². The first kappa shape index (κ1) is 15.0. The van der Waals surface area contributed by atoms with E-state index in [0.717, 1.165) is 22.3 Å². The van der Waals surface area contributed by atoms with Crippen molar-refractivity contribution in [3.05, 3.63) is 52.6 Å². The van der Waals surface area contributed by atoms with Crippen molar-refractivity contribution in [1.82, 2.24) is 10.3 Å². The number of benzene rings is 1. The van der Waals surface area contributed by atoms with Gasteiger partial charge >= 0.3 is 0 Å². The Labute approximate surface area is 128 Å². The predicted molar refractivity (Wildman–Crippen MR) is 85.0 cm³/mol. The SMILES string of the molecule is CC(C)(C)NCc1cccnc1Oc1ccccc1Br. The molecule has 0 fully saturated rings. The zero-order valence-electron chi connectivity index (χ0n) is 12.0. The third-order valence-electron chi connectivity index (χ3n) is 2.70. The topological polar surface area (TPSA) is 34.2 Å². The zero-order valence-corrected chi connectivity index (χ0v) is 13.6. The van der Waals surface area contributed by atoms with Gasteiger partial charge in [0.25, 0.3) is 0 Å². The molecule has 0 bridgehead atoms. The van der Waals surface area contributed by atoms with Gasteiger partial charge in [-0.15, -0.1) is 0 Å². The van der Waals surface area contributed by atoms with E-state index >= 15 is 0 Å². The second-order valence-electron chi connectivity index (χ2n) is 5.60. The summed E-state index contributed by atoms with van der Waals surface area (Å²) in [6, 6.07) is 11.7. The minimum atomic E-state index is 0.0560. The molecule has 4 heteroatoms. The van der Waals surface area contributed by atoms with E-state index in [-0.39, 0.29) is 5.54 Å². The standard InChI is InChI=1S/C16H19BrN2O/c1-16(2,3)19-11-12-7-6-10-18-15(12)20-14-9-5-4-8-13(14)17/h4-10,19H,11H2,1-3H3. The number of para-hydroxylation sites is 1. The predicted octanol–water partition coefficient (Wildman–Crippen LogP) is 4.52. The Morgan fingerprint density at radius 1 is 1.15 bits per heavy atom. The highest BCUT2D eigenvalue weighted by atomic mass is 79.9. The van der Waals surface area contributed by atoms with Crippen LogP contribution in [0.4, 0.5) is 0 Å². The fourth-order valence-corrected chi connectivity index (χ4v) is 2.01. The molecule has 1 aromatic carbocycles. The van der Waals surface area contributed by atoms with E-state index in [0.29, 0.717) is 5.88 Å². The van der Waals surface area contributed by atoms with Crippen LogP contribution in [0.5, 0.6) is 11.6 Å². The molecule has 2 aromatic rings. The van der Waals surface area contributed by atoms with Crippen LogP contribution in [0.3, 0.4) is 0 Å². The van der Waals surface area contributed by atoms with E-state index in [9.17, 15) is 0 Å². The Bertz CT molecular complexity index is 579. The lowest BCUT2D eigenvalue weighted by Crippen LogP contribution is -2.35. The van der Waals surface area contributed by atoms with E-state index in [2.05, 4.69) is 47.0 Å². The summed E-state index contributed by atoms with van der Waals surface area (Å²) >= 11 is 3.48. The molecule has 0 aliphatic rings. The second kappa shape index (κ2) is 6.37. The van der Waals surface area contributed by atoms with Crippen LogP contribution in [-0.4, -0.2) is 10.5 Å². The molecule has 20 heavy (non-hydrogen) atoms. The molecular formula is C16H19BrN2O. The molecule has 0 atom stereocenters. The van der Waals surface area contributed by atoms with Gasteiger partial charge < -0.3 is 10.1 Å². The van der Waals surface area contributed by atoms with Crippen molar-refractivity contribution in [2.75, 3.05) is 0 Å². The molecule has 3 nitrogen and oxygen atoms in total. The van der Waals surface area contributed by atoms with Crippen LogP contribution in [0, 0.1) is 0 Å². The van der Waals surface area contributed by atoms with Crippen molar-refractivity contribution in [2.45, 2.75) is 32.9 Å². The number of nitrogens with one attached hydrogen (secondary N) is 1. The third-order valence-corrected chi connectivity index (χ3v) is 3.36. The van der Waals surface area contributed by atoms with Crippen LogP contribution in [0.15, 0.2) is 47.1 Å². The van der Waals surface area contributed by atoms with Gasteiger partial charge in [0.1, 0.15) is 5.75 Å². The summed E-state index contributed by atoms with van der Waals surface area (Å²) in [7, 11) is 0. The molecule has 0 saturated heterocycles. The summed E-state index contributed by atoms with van der Waals surface area (Å²) in [6.45, 7) is 7.13. The second-order valence-corrected chi connectivity index (χ2v) is 6.46. The zero-order chi connectivity index (χ0) is 14.6.